The number of amides is 2. The zero-order chi connectivity index (χ0) is 23.4. The molecule has 0 bridgehead atoms. The summed E-state index contributed by atoms with van der Waals surface area (Å²) >= 11 is 0. The van der Waals surface area contributed by atoms with Gasteiger partial charge in [-0.2, -0.15) is 0 Å². The smallest absolute Gasteiger partial charge is 0.407 e. The quantitative estimate of drug-likeness (QED) is 0.563. The summed E-state index contributed by atoms with van der Waals surface area (Å²) in [5, 5.41) is 14.6. The molecule has 0 aliphatic heterocycles. The summed E-state index contributed by atoms with van der Waals surface area (Å²) in [5.74, 6) is -1.37. The number of alkyl carbamates (subject to hydrolysis) is 1. The molecule has 7 heteroatoms. The van der Waals surface area contributed by atoms with Gasteiger partial charge in [-0.1, -0.05) is 61.9 Å². The van der Waals surface area contributed by atoms with Gasteiger partial charge in [0.05, 0.1) is 0 Å². The average molecular weight is 451 g/mol. The number of rotatable bonds is 8. The standard InChI is InChI=1S/C26H30N2O5/c1-2-22(25(30)31)27-24(29)14-16-8-7-13-23(16)28-26(32)33-15-21-19-11-5-3-9-17(19)18-10-4-6-12-20(18)21/h3-6,9-12,16,21-23H,2,7-8,13-15H2,1H3,(H,27,29)(H,28,32)(H,30,31)/t16-,22+,23+/m0/s1. The normalized spacial score (nSPS) is 19.9. The average Bonchev–Trinajstić information content (AvgIpc) is 3.37. The molecule has 0 heterocycles. The molecule has 0 aromatic heterocycles. The van der Waals surface area contributed by atoms with E-state index in [0.717, 1.165) is 30.4 Å². The number of nitrogens with one attached hydrogen (secondary N) is 2. The van der Waals surface area contributed by atoms with Crippen molar-refractivity contribution in [3.63, 3.8) is 0 Å². The molecule has 3 atom stereocenters. The SMILES string of the molecule is CC[C@@H](NC(=O)C[C@@H]1CCC[C@H]1NC(=O)OCC1c2ccccc2-c2ccccc21)C(=O)O. The molecule has 4 rings (SSSR count). The Balaban J connectivity index is 1.33. The summed E-state index contributed by atoms with van der Waals surface area (Å²) in [5.41, 5.74) is 4.67. The predicted molar refractivity (Wildman–Crippen MR) is 124 cm³/mol. The van der Waals surface area contributed by atoms with E-state index < -0.39 is 18.1 Å². The lowest BCUT2D eigenvalue weighted by atomic mass is 9.98. The minimum Gasteiger partial charge on any atom is -0.480 e. The van der Waals surface area contributed by atoms with E-state index in [4.69, 9.17) is 9.84 Å². The van der Waals surface area contributed by atoms with Gasteiger partial charge in [0.25, 0.3) is 0 Å². The van der Waals surface area contributed by atoms with E-state index in [1.165, 1.54) is 11.1 Å². The molecular formula is C26H30N2O5. The van der Waals surface area contributed by atoms with Crippen LogP contribution in [0.4, 0.5) is 4.79 Å². The molecule has 0 spiro atoms. The van der Waals surface area contributed by atoms with E-state index in [2.05, 4.69) is 34.9 Å². The fourth-order valence-electron chi connectivity index (χ4n) is 5.09. The van der Waals surface area contributed by atoms with Crippen LogP contribution in [0.1, 0.15) is 56.1 Å². The van der Waals surface area contributed by atoms with Crippen LogP contribution >= 0.6 is 0 Å². The first kappa shape index (κ1) is 22.8. The second-order valence-electron chi connectivity index (χ2n) is 8.84. The molecule has 0 saturated heterocycles. The number of hydrogen-bond acceptors (Lipinski definition) is 4. The number of fused-ring (bicyclic) bond motifs is 3. The first-order valence-electron chi connectivity index (χ1n) is 11.6. The van der Waals surface area contributed by atoms with Crippen LogP contribution in [0.2, 0.25) is 0 Å². The summed E-state index contributed by atoms with van der Waals surface area (Å²) in [6.07, 6.45) is 2.53. The number of hydrogen-bond donors (Lipinski definition) is 3. The van der Waals surface area contributed by atoms with Crippen molar-refractivity contribution in [3.8, 4) is 11.1 Å². The number of carboxylic acid groups (broad SMARTS) is 1. The summed E-state index contributed by atoms with van der Waals surface area (Å²) in [6, 6.07) is 15.3. The van der Waals surface area contributed by atoms with Crippen molar-refractivity contribution in [2.24, 2.45) is 5.92 Å². The Morgan fingerprint density at radius 2 is 1.67 bits per heavy atom. The van der Waals surface area contributed by atoms with E-state index in [1.54, 1.807) is 6.92 Å². The van der Waals surface area contributed by atoms with Crippen molar-refractivity contribution >= 4 is 18.0 Å². The van der Waals surface area contributed by atoms with Crippen molar-refractivity contribution in [2.45, 2.75) is 57.0 Å². The third-order valence-electron chi connectivity index (χ3n) is 6.80. The predicted octanol–water partition coefficient (Wildman–Crippen LogP) is 4.06. The monoisotopic (exact) mass is 450 g/mol. The van der Waals surface area contributed by atoms with E-state index in [0.29, 0.717) is 6.42 Å². The molecule has 2 aromatic rings. The van der Waals surface area contributed by atoms with Crippen LogP contribution in [0.25, 0.3) is 11.1 Å². The highest BCUT2D eigenvalue weighted by molar-refractivity contribution is 5.83. The molecule has 3 N–H and O–H groups in total. The summed E-state index contributed by atoms with van der Waals surface area (Å²) in [7, 11) is 0. The lowest BCUT2D eigenvalue weighted by molar-refractivity contribution is -0.142. The highest BCUT2D eigenvalue weighted by atomic mass is 16.5. The van der Waals surface area contributed by atoms with Crippen LogP contribution in [-0.2, 0) is 14.3 Å². The molecule has 174 valence electrons. The number of carbonyl (C=O) groups is 3. The molecule has 2 aliphatic rings. The Morgan fingerprint density at radius 3 is 2.27 bits per heavy atom. The lowest BCUT2D eigenvalue weighted by Gasteiger charge is -2.22. The molecule has 2 amide bonds. The van der Waals surface area contributed by atoms with Crippen LogP contribution in [0.5, 0.6) is 0 Å². The number of carbonyl (C=O) groups excluding carboxylic acids is 2. The van der Waals surface area contributed by atoms with E-state index in [-0.39, 0.29) is 36.8 Å². The van der Waals surface area contributed by atoms with Crippen LogP contribution < -0.4 is 10.6 Å². The van der Waals surface area contributed by atoms with Gasteiger partial charge in [-0.15, -0.1) is 0 Å². The number of carboxylic acids is 1. The third kappa shape index (κ3) is 5.02. The van der Waals surface area contributed by atoms with Crippen molar-refractivity contribution in [1.29, 1.82) is 0 Å². The molecule has 2 aromatic carbocycles. The van der Waals surface area contributed by atoms with E-state index in [9.17, 15) is 14.4 Å². The highest BCUT2D eigenvalue weighted by Crippen LogP contribution is 2.44. The first-order chi connectivity index (χ1) is 16.0. The third-order valence-corrected chi connectivity index (χ3v) is 6.80. The second-order valence-corrected chi connectivity index (χ2v) is 8.84. The van der Waals surface area contributed by atoms with Crippen molar-refractivity contribution in [1.82, 2.24) is 10.6 Å². The van der Waals surface area contributed by atoms with E-state index >= 15 is 0 Å². The fourth-order valence-corrected chi connectivity index (χ4v) is 5.09. The Labute approximate surface area is 193 Å². The van der Waals surface area contributed by atoms with Gasteiger partial charge in [0.15, 0.2) is 0 Å². The maximum atomic E-state index is 12.6. The van der Waals surface area contributed by atoms with Gasteiger partial charge in [-0.25, -0.2) is 9.59 Å². The Kier molecular flexibility index (Phi) is 6.96. The van der Waals surface area contributed by atoms with Gasteiger partial charge in [-0.3, -0.25) is 4.79 Å². The molecule has 1 saturated carbocycles. The van der Waals surface area contributed by atoms with Gasteiger partial charge in [0.2, 0.25) is 5.91 Å². The molecule has 7 nitrogen and oxygen atoms in total. The van der Waals surface area contributed by atoms with Crippen LogP contribution in [0.3, 0.4) is 0 Å². The van der Waals surface area contributed by atoms with Gasteiger partial charge in [0.1, 0.15) is 12.6 Å². The Hall–Kier alpha value is -3.35. The Morgan fingerprint density at radius 1 is 1.03 bits per heavy atom. The molecule has 0 radical (unpaired) electrons. The molecule has 0 unspecified atom stereocenters. The van der Waals surface area contributed by atoms with Gasteiger partial charge < -0.3 is 20.5 Å². The summed E-state index contributed by atoms with van der Waals surface area (Å²) in [4.78, 5) is 36.1. The van der Waals surface area contributed by atoms with Crippen LogP contribution in [0, 0.1) is 5.92 Å². The molecular weight excluding hydrogens is 420 g/mol. The number of aliphatic carboxylic acids is 1. The fraction of sp³-hybridized carbons (Fsp3) is 0.423. The zero-order valence-corrected chi connectivity index (χ0v) is 18.8. The van der Waals surface area contributed by atoms with Gasteiger partial charge >= 0.3 is 12.1 Å². The minimum atomic E-state index is -1.04. The first-order valence-corrected chi connectivity index (χ1v) is 11.6. The molecule has 33 heavy (non-hydrogen) atoms. The van der Waals surface area contributed by atoms with Crippen LogP contribution in [0.15, 0.2) is 48.5 Å². The molecule has 1 fully saturated rings. The van der Waals surface area contributed by atoms with Crippen molar-refractivity contribution < 1.29 is 24.2 Å². The maximum absolute atomic E-state index is 12.6. The minimum absolute atomic E-state index is 0.00435. The van der Waals surface area contributed by atoms with Crippen molar-refractivity contribution in [3.05, 3.63) is 59.7 Å². The second kappa shape index (κ2) is 10.1. The number of ether oxygens (including phenoxy) is 1. The van der Waals surface area contributed by atoms with Gasteiger partial charge in [0, 0.05) is 18.4 Å². The summed E-state index contributed by atoms with van der Waals surface area (Å²) in [6.45, 7) is 1.96. The van der Waals surface area contributed by atoms with Gasteiger partial charge in [-0.05, 0) is 47.4 Å². The van der Waals surface area contributed by atoms with Crippen molar-refractivity contribution in [2.75, 3.05) is 6.61 Å². The van der Waals surface area contributed by atoms with Crippen LogP contribution in [-0.4, -0.2) is 41.8 Å². The highest BCUT2D eigenvalue weighted by Gasteiger charge is 2.33. The Bertz CT molecular complexity index is 991. The zero-order valence-electron chi connectivity index (χ0n) is 18.8. The maximum Gasteiger partial charge on any atom is 0.407 e. The molecule has 2 aliphatic carbocycles. The number of benzene rings is 2. The lowest BCUT2D eigenvalue weighted by Crippen LogP contribution is -2.43. The topological polar surface area (TPSA) is 105 Å². The largest absolute Gasteiger partial charge is 0.480 e. The summed E-state index contributed by atoms with van der Waals surface area (Å²) < 4.78 is 5.64. The van der Waals surface area contributed by atoms with E-state index in [1.807, 2.05) is 24.3 Å².